The molecule has 1 aromatic carbocycles. The number of ether oxygens (including phenoxy) is 1. The standard InChI is InChI=1S/C15H18N2O4/c1-8-6-9(2)12(15(19)20)7-11(8)13-10(3)14(17-16-13)21-5-4-18/h6-7,18H,4-5H2,1-3H3,(H,16,17)(H,19,20). The van der Waals surface area contributed by atoms with Gasteiger partial charge in [-0.3, -0.25) is 5.10 Å². The zero-order valence-electron chi connectivity index (χ0n) is 12.2. The summed E-state index contributed by atoms with van der Waals surface area (Å²) in [6.45, 7) is 5.61. The number of hydrogen-bond acceptors (Lipinski definition) is 4. The molecular weight excluding hydrogens is 272 g/mol. The van der Waals surface area contributed by atoms with Crippen LogP contribution in [0.1, 0.15) is 27.0 Å². The van der Waals surface area contributed by atoms with Gasteiger partial charge in [0, 0.05) is 11.1 Å². The summed E-state index contributed by atoms with van der Waals surface area (Å²) in [5.74, 6) is -0.543. The van der Waals surface area contributed by atoms with Crippen LogP contribution in [-0.2, 0) is 0 Å². The molecule has 112 valence electrons. The smallest absolute Gasteiger partial charge is 0.335 e. The van der Waals surface area contributed by atoms with Crippen molar-refractivity contribution in [3.63, 3.8) is 0 Å². The predicted octanol–water partition coefficient (Wildman–Crippen LogP) is 2.07. The summed E-state index contributed by atoms with van der Waals surface area (Å²) in [4.78, 5) is 11.3. The van der Waals surface area contributed by atoms with Gasteiger partial charge in [0.15, 0.2) is 0 Å². The van der Waals surface area contributed by atoms with E-state index in [0.29, 0.717) is 5.88 Å². The van der Waals surface area contributed by atoms with Crippen molar-refractivity contribution in [3.05, 3.63) is 34.4 Å². The number of aromatic carboxylic acids is 1. The highest BCUT2D eigenvalue weighted by atomic mass is 16.5. The molecule has 2 rings (SSSR count). The highest BCUT2D eigenvalue weighted by Crippen LogP contribution is 2.31. The lowest BCUT2D eigenvalue weighted by Gasteiger charge is -2.09. The minimum Gasteiger partial charge on any atom is -0.478 e. The molecule has 1 aromatic heterocycles. The van der Waals surface area contributed by atoms with Gasteiger partial charge < -0.3 is 14.9 Å². The Bertz CT molecular complexity index is 677. The van der Waals surface area contributed by atoms with Crippen molar-refractivity contribution in [1.82, 2.24) is 10.2 Å². The second-order valence-corrected chi connectivity index (χ2v) is 4.89. The lowest BCUT2D eigenvalue weighted by atomic mass is 9.96. The zero-order valence-corrected chi connectivity index (χ0v) is 12.2. The van der Waals surface area contributed by atoms with Crippen LogP contribution >= 0.6 is 0 Å². The average molecular weight is 290 g/mol. The number of aliphatic hydroxyl groups excluding tert-OH is 1. The average Bonchev–Trinajstić information content (AvgIpc) is 2.77. The van der Waals surface area contributed by atoms with Crippen molar-refractivity contribution in [3.8, 4) is 17.1 Å². The number of rotatable bonds is 5. The number of nitrogens with one attached hydrogen (secondary N) is 1. The monoisotopic (exact) mass is 290 g/mol. The van der Waals surface area contributed by atoms with E-state index < -0.39 is 5.97 Å². The Kier molecular flexibility index (Phi) is 4.28. The second-order valence-electron chi connectivity index (χ2n) is 4.89. The number of carboxylic acids is 1. The van der Waals surface area contributed by atoms with Gasteiger partial charge >= 0.3 is 5.97 Å². The molecule has 2 aromatic rings. The van der Waals surface area contributed by atoms with E-state index in [1.165, 1.54) is 0 Å². The van der Waals surface area contributed by atoms with E-state index in [0.717, 1.165) is 27.9 Å². The largest absolute Gasteiger partial charge is 0.478 e. The van der Waals surface area contributed by atoms with Crippen LogP contribution in [0.15, 0.2) is 12.1 Å². The first kappa shape index (κ1) is 15.1. The van der Waals surface area contributed by atoms with Crippen molar-refractivity contribution in [2.24, 2.45) is 0 Å². The SMILES string of the molecule is Cc1cc(C)c(-c2[nH]nc(OCCO)c2C)cc1C(=O)O. The van der Waals surface area contributed by atoms with Crippen LogP contribution in [0, 0.1) is 20.8 Å². The fourth-order valence-corrected chi connectivity index (χ4v) is 2.28. The Morgan fingerprint density at radius 1 is 1.29 bits per heavy atom. The molecule has 0 bridgehead atoms. The summed E-state index contributed by atoms with van der Waals surface area (Å²) >= 11 is 0. The van der Waals surface area contributed by atoms with Gasteiger partial charge in [0.2, 0.25) is 5.88 Å². The maximum atomic E-state index is 11.3. The Morgan fingerprint density at radius 3 is 2.62 bits per heavy atom. The molecular formula is C15H18N2O4. The molecule has 0 amide bonds. The van der Waals surface area contributed by atoms with Crippen molar-refractivity contribution in [2.45, 2.75) is 20.8 Å². The van der Waals surface area contributed by atoms with E-state index in [2.05, 4.69) is 10.2 Å². The fourth-order valence-electron chi connectivity index (χ4n) is 2.28. The van der Waals surface area contributed by atoms with Gasteiger partial charge in [-0.25, -0.2) is 4.79 Å². The normalized spacial score (nSPS) is 10.7. The molecule has 0 fully saturated rings. The number of nitrogens with zero attached hydrogens (tertiary/aromatic N) is 1. The molecule has 0 spiro atoms. The molecule has 0 aliphatic rings. The number of aliphatic hydroxyl groups is 1. The van der Waals surface area contributed by atoms with Crippen molar-refractivity contribution in [2.75, 3.05) is 13.2 Å². The molecule has 0 aliphatic carbocycles. The first-order valence-electron chi connectivity index (χ1n) is 6.59. The predicted molar refractivity (Wildman–Crippen MR) is 77.8 cm³/mol. The lowest BCUT2D eigenvalue weighted by molar-refractivity contribution is 0.0696. The maximum Gasteiger partial charge on any atom is 0.335 e. The quantitative estimate of drug-likeness (QED) is 0.783. The van der Waals surface area contributed by atoms with E-state index in [-0.39, 0.29) is 18.8 Å². The summed E-state index contributed by atoms with van der Waals surface area (Å²) in [6.07, 6.45) is 0. The molecule has 3 N–H and O–H groups in total. The molecule has 21 heavy (non-hydrogen) atoms. The molecule has 6 heteroatoms. The van der Waals surface area contributed by atoms with Gasteiger partial charge in [-0.1, -0.05) is 6.07 Å². The number of carbonyl (C=O) groups is 1. The number of hydrogen-bond donors (Lipinski definition) is 3. The molecule has 0 saturated carbocycles. The van der Waals surface area contributed by atoms with Gasteiger partial charge in [-0.05, 0) is 38.0 Å². The Balaban J connectivity index is 2.49. The summed E-state index contributed by atoms with van der Waals surface area (Å²) < 4.78 is 5.32. The highest BCUT2D eigenvalue weighted by Gasteiger charge is 2.17. The Hall–Kier alpha value is -2.34. The summed E-state index contributed by atoms with van der Waals surface area (Å²) in [7, 11) is 0. The zero-order chi connectivity index (χ0) is 15.6. The lowest BCUT2D eigenvalue weighted by Crippen LogP contribution is -2.03. The third-order valence-electron chi connectivity index (χ3n) is 3.37. The molecule has 0 atom stereocenters. The van der Waals surface area contributed by atoms with Crippen LogP contribution in [0.5, 0.6) is 5.88 Å². The number of aromatic amines is 1. The van der Waals surface area contributed by atoms with E-state index in [1.807, 2.05) is 19.9 Å². The van der Waals surface area contributed by atoms with Gasteiger partial charge in [-0.2, -0.15) is 0 Å². The number of benzene rings is 1. The number of H-pyrrole nitrogens is 1. The van der Waals surface area contributed by atoms with Gasteiger partial charge in [0.1, 0.15) is 6.61 Å². The molecule has 0 unspecified atom stereocenters. The number of aryl methyl sites for hydroxylation is 2. The number of aromatic nitrogens is 2. The van der Waals surface area contributed by atoms with Crippen molar-refractivity contribution < 1.29 is 19.7 Å². The van der Waals surface area contributed by atoms with Crippen LogP contribution in [0.3, 0.4) is 0 Å². The van der Waals surface area contributed by atoms with Crippen molar-refractivity contribution in [1.29, 1.82) is 0 Å². The van der Waals surface area contributed by atoms with Gasteiger partial charge in [-0.15, -0.1) is 5.10 Å². The van der Waals surface area contributed by atoms with E-state index in [1.54, 1.807) is 13.0 Å². The molecule has 0 aliphatic heterocycles. The van der Waals surface area contributed by atoms with Crippen molar-refractivity contribution >= 4 is 5.97 Å². The summed E-state index contributed by atoms with van der Waals surface area (Å²) in [5.41, 5.74) is 4.23. The van der Waals surface area contributed by atoms with E-state index in [4.69, 9.17) is 9.84 Å². The summed E-state index contributed by atoms with van der Waals surface area (Å²) in [5, 5.41) is 25.0. The van der Waals surface area contributed by atoms with Crippen LogP contribution < -0.4 is 4.74 Å². The third kappa shape index (κ3) is 2.90. The number of carboxylic acid groups (broad SMARTS) is 1. The van der Waals surface area contributed by atoms with Gasteiger partial charge in [0.05, 0.1) is 17.9 Å². The molecule has 0 radical (unpaired) electrons. The first-order chi connectivity index (χ1) is 9.95. The fraction of sp³-hybridized carbons (Fsp3) is 0.333. The minimum atomic E-state index is -0.956. The Morgan fingerprint density at radius 2 is 2.00 bits per heavy atom. The third-order valence-corrected chi connectivity index (χ3v) is 3.37. The Labute approximate surface area is 122 Å². The minimum absolute atomic E-state index is 0.0889. The van der Waals surface area contributed by atoms with Crippen LogP contribution in [0.25, 0.3) is 11.3 Å². The maximum absolute atomic E-state index is 11.3. The van der Waals surface area contributed by atoms with Crippen LogP contribution in [0.2, 0.25) is 0 Å². The first-order valence-corrected chi connectivity index (χ1v) is 6.59. The van der Waals surface area contributed by atoms with Gasteiger partial charge in [0.25, 0.3) is 0 Å². The van der Waals surface area contributed by atoms with E-state index >= 15 is 0 Å². The highest BCUT2D eigenvalue weighted by molar-refractivity contribution is 5.91. The molecule has 1 heterocycles. The summed E-state index contributed by atoms with van der Waals surface area (Å²) in [6, 6.07) is 3.48. The molecule has 0 saturated heterocycles. The molecule has 6 nitrogen and oxygen atoms in total. The van der Waals surface area contributed by atoms with Crippen LogP contribution in [0.4, 0.5) is 0 Å². The second kappa shape index (κ2) is 5.97. The van der Waals surface area contributed by atoms with E-state index in [9.17, 15) is 9.90 Å². The van der Waals surface area contributed by atoms with Crippen LogP contribution in [-0.4, -0.2) is 39.6 Å². The topological polar surface area (TPSA) is 95.4 Å².